The third-order valence-electron chi connectivity index (χ3n) is 12.2. The molecule has 0 atom stereocenters. The second-order valence-electron chi connectivity index (χ2n) is 15.2. The first-order valence-corrected chi connectivity index (χ1v) is 20.6. The molecule has 0 bridgehead atoms. The second kappa shape index (κ2) is 13.0. The maximum Gasteiger partial charge on any atom is 0.136 e. The monoisotopic (exact) mass is 757 g/mol. The Balaban J connectivity index is 1.08. The van der Waals surface area contributed by atoms with Gasteiger partial charge in [0, 0.05) is 37.5 Å². The number of rotatable bonds is 5. The molecule has 0 radical (unpaired) electrons. The zero-order valence-corrected chi connectivity index (χ0v) is 32.3. The summed E-state index contributed by atoms with van der Waals surface area (Å²) in [6, 6.07) is 77.6. The third kappa shape index (κ3) is 4.87. The van der Waals surface area contributed by atoms with Crippen LogP contribution in [0.25, 0.3) is 55.3 Å². The highest BCUT2D eigenvalue weighted by Crippen LogP contribution is 2.64. The molecule has 3 heteroatoms. The van der Waals surface area contributed by atoms with Gasteiger partial charge in [-0.1, -0.05) is 163 Å². The first-order chi connectivity index (χ1) is 28.8. The Hall–Kier alpha value is -7.07. The van der Waals surface area contributed by atoms with E-state index in [2.05, 4.69) is 205 Å². The Morgan fingerprint density at radius 3 is 1.64 bits per heavy atom. The highest BCUT2D eigenvalue weighted by atomic mass is 32.2. The summed E-state index contributed by atoms with van der Waals surface area (Å²) in [6.07, 6.45) is 0. The molecule has 0 fully saturated rings. The lowest BCUT2D eigenvalue weighted by atomic mass is 9.66. The molecular weight excluding hydrogens is 723 g/mol. The molecule has 1 spiro atoms. The molecule has 10 aromatic rings. The minimum absolute atomic E-state index is 0.523. The molecule has 272 valence electrons. The van der Waals surface area contributed by atoms with Crippen LogP contribution in [0.2, 0.25) is 0 Å². The molecule has 0 N–H and O–H groups in total. The molecule has 12 rings (SSSR count). The first kappa shape index (κ1) is 33.1. The summed E-state index contributed by atoms with van der Waals surface area (Å²) >= 11 is 1.88. The zero-order valence-electron chi connectivity index (χ0n) is 31.5. The summed E-state index contributed by atoms with van der Waals surface area (Å²) in [5.74, 6) is 0. The molecule has 2 aliphatic rings. The van der Waals surface area contributed by atoms with Gasteiger partial charge in [-0.05, 0) is 111 Å². The lowest BCUT2D eigenvalue weighted by Gasteiger charge is -2.41. The highest BCUT2D eigenvalue weighted by Gasteiger charge is 2.52. The van der Waals surface area contributed by atoms with Gasteiger partial charge in [-0.15, -0.1) is 0 Å². The van der Waals surface area contributed by atoms with Crippen molar-refractivity contribution < 1.29 is 4.42 Å². The summed E-state index contributed by atoms with van der Waals surface area (Å²) < 4.78 is 6.30. The quantitative estimate of drug-likeness (QED) is 0.174. The van der Waals surface area contributed by atoms with Crippen LogP contribution in [0, 0.1) is 0 Å². The molecule has 2 nitrogen and oxygen atoms in total. The van der Waals surface area contributed by atoms with Crippen LogP contribution in [-0.2, 0) is 5.41 Å². The fourth-order valence-electron chi connectivity index (χ4n) is 9.65. The van der Waals surface area contributed by atoms with Gasteiger partial charge in [0.1, 0.15) is 11.2 Å². The van der Waals surface area contributed by atoms with Gasteiger partial charge in [-0.3, -0.25) is 0 Å². The van der Waals surface area contributed by atoms with Gasteiger partial charge < -0.3 is 9.32 Å². The largest absolute Gasteiger partial charge is 0.456 e. The van der Waals surface area contributed by atoms with Gasteiger partial charge in [0.05, 0.1) is 11.1 Å². The number of hydrogen-bond donors (Lipinski definition) is 0. The van der Waals surface area contributed by atoms with Crippen molar-refractivity contribution >= 4 is 50.8 Å². The molecule has 1 aromatic heterocycles. The van der Waals surface area contributed by atoms with Crippen molar-refractivity contribution in [3.63, 3.8) is 0 Å². The lowest BCUT2D eigenvalue weighted by Crippen LogP contribution is -2.33. The highest BCUT2D eigenvalue weighted by molar-refractivity contribution is 7.99. The van der Waals surface area contributed by atoms with Crippen molar-refractivity contribution in [2.24, 2.45) is 0 Å². The van der Waals surface area contributed by atoms with E-state index in [9.17, 15) is 0 Å². The predicted octanol–water partition coefficient (Wildman–Crippen LogP) is 15.2. The van der Waals surface area contributed by atoms with Crippen LogP contribution in [0.5, 0.6) is 0 Å². The second-order valence-corrected chi connectivity index (χ2v) is 16.3. The molecule has 2 heterocycles. The van der Waals surface area contributed by atoms with E-state index in [0.717, 1.165) is 50.1 Å². The van der Waals surface area contributed by atoms with Gasteiger partial charge in [-0.2, -0.15) is 0 Å². The van der Waals surface area contributed by atoms with Crippen molar-refractivity contribution in [3.8, 4) is 33.4 Å². The molecule has 0 unspecified atom stereocenters. The van der Waals surface area contributed by atoms with Gasteiger partial charge in [-0.25, -0.2) is 0 Å². The van der Waals surface area contributed by atoms with Crippen molar-refractivity contribution in [3.05, 3.63) is 235 Å². The van der Waals surface area contributed by atoms with E-state index >= 15 is 0 Å². The molecule has 1 aliphatic carbocycles. The molecule has 58 heavy (non-hydrogen) atoms. The van der Waals surface area contributed by atoms with Crippen LogP contribution >= 0.6 is 11.8 Å². The van der Waals surface area contributed by atoms with Crippen LogP contribution in [0.1, 0.15) is 22.3 Å². The number of fused-ring (bicyclic) bond motifs is 12. The van der Waals surface area contributed by atoms with E-state index in [1.165, 1.54) is 54.3 Å². The van der Waals surface area contributed by atoms with Crippen molar-refractivity contribution in [1.29, 1.82) is 0 Å². The van der Waals surface area contributed by atoms with E-state index in [0.29, 0.717) is 0 Å². The summed E-state index contributed by atoms with van der Waals surface area (Å²) in [5.41, 5.74) is 17.1. The SMILES string of the molecule is c1ccc(-c2ccc(N(c3ccc(-c4ccc5c(c4)oc4ccccc45)cc3)c3cccc4c3C3(c5ccccc5Sc5ccccc53)c3ccccc3-4)cc2)cc1. The number of anilines is 3. The van der Waals surface area contributed by atoms with Crippen LogP contribution in [0.3, 0.4) is 0 Å². The van der Waals surface area contributed by atoms with Crippen molar-refractivity contribution in [2.45, 2.75) is 15.2 Å². The number of nitrogens with zero attached hydrogens (tertiary/aromatic N) is 1. The van der Waals surface area contributed by atoms with E-state index < -0.39 is 5.41 Å². The van der Waals surface area contributed by atoms with Crippen LogP contribution < -0.4 is 4.90 Å². The minimum Gasteiger partial charge on any atom is -0.456 e. The molecule has 0 saturated heterocycles. The molecular formula is C55H35NOS. The normalized spacial score (nSPS) is 13.2. The fourth-order valence-corrected chi connectivity index (χ4v) is 10.8. The molecule has 0 amide bonds. The molecule has 0 saturated carbocycles. The Morgan fingerprint density at radius 2 is 0.914 bits per heavy atom. The van der Waals surface area contributed by atoms with Gasteiger partial charge in [0.25, 0.3) is 0 Å². The predicted molar refractivity (Wildman–Crippen MR) is 241 cm³/mol. The van der Waals surface area contributed by atoms with Gasteiger partial charge in [0.15, 0.2) is 0 Å². The summed E-state index contributed by atoms with van der Waals surface area (Å²) in [5, 5.41) is 2.28. The lowest BCUT2D eigenvalue weighted by molar-refractivity contribution is 0.669. The average molecular weight is 758 g/mol. The maximum atomic E-state index is 6.30. The van der Waals surface area contributed by atoms with Crippen LogP contribution in [-0.4, -0.2) is 0 Å². The topological polar surface area (TPSA) is 16.4 Å². The third-order valence-corrected chi connectivity index (χ3v) is 13.3. The number of furan rings is 1. The average Bonchev–Trinajstić information content (AvgIpc) is 3.81. The Labute approximate surface area is 341 Å². The number of benzene rings is 9. The summed E-state index contributed by atoms with van der Waals surface area (Å²) in [4.78, 5) is 5.06. The van der Waals surface area contributed by atoms with E-state index in [1.54, 1.807) is 0 Å². The van der Waals surface area contributed by atoms with Crippen LogP contribution in [0.4, 0.5) is 17.1 Å². The van der Waals surface area contributed by atoms with Crippen molar-refractivity contribution in [2.75, 3.05) is 4.90 Å². The zero-order chi connectivity index (χ0) is 38.2. The maximum absolute atomic E-state index is 6.30. The van der Waals surface area contributed by atoms with E-state index in [4.69, 9.17) is 4.42 Å². The fraction of sp³-hybridized carbons (Fsp3) is 0.0182. The van der Waals surface area contributed by atoms with E-state index in [-0.39, 0.29) is 0 Å². The Bertz CT molecular complexity index is 3150. The summed E-state index contributed by atoms with van der Waals surface area (Å²) in [6.45, 7) is 0. The smallest absolute Gasteiger partial charge is 0.136 e. The summed E-state index contributed by atoms with van der Waals surface area (Å²) in [7, 11) is 0. The standard InChI is InChI=1S/C55H35NOS/c1-2-13-36(14-3-1)37-25-30-40(31-26-37)56(41-32-27-38(28-33-41)39-29-34-44-43-16-5-9-22-50(43)57-51(44)35-39)49-21-12-17-45-42-15-4-6-18-46(42)55(54(45)49)47-19-7-10-23-52(47)58-53-24-11-8-20-48(53)55/h1-35H. The van der Waals surface area contributed by atoms with Crippen molar-refractivity contribution in [1.82, 2.24) is 0 Å². The van der Waals surface area contributed by atoms with Crippen LogP contribution in [0.15, 0.2) is 227 Å². The Morgan fingerprint density at radius 1 is 0.379 bits per heavy atom. The number of para-hydroxylation sites is 1. The van der Waals surface area contributed by atoms with E-state index in [1.807, 2.05) is 23.9 Å². The number of hydrogen-bond acceptors (Lipinski definition) is 3. The van der Waals surface area contributed by atoms with Gasteiger partial charge >= 0.3 is 0 Å². The Kier molecular flexibility index (Phi) is 7.41. The minimum atomic E-state index is -0.523. The molecule has 9 aromatic carbocycles. The first-order valence-electron chi connectivity index (χ1n) is 19.8. The molecule has 1 aliphatic heterocycles. The van der Waals surface area contributed by atoms with Gasteiger partial charge in [0.2, 0.25) is 0 Å².